The molecule has 36 heavy (non-hydrogen) atoms. The van der Waals surface area contributed by atoms with E-state index < -0.39 is 0 Å². The Morgan fingerprint density at radius 1 is 0.861 bits per heavy atom. The summed E-state index contributed by atoms with van der Waals surface area (Å²) in [6.07, 6.45) is 1.82. The standard InChI is InChI=1S/C29H30N6O/c1-2-22-13-14-27-25(17-22)18-26(29(36)30-27)20-34(16-15-23-9-5-3-6-10-23)21-28-31-32-33-35(28)19-24-11-7-4-8-12-24/h3-14,17-18H,2,15-16,19-21H2,1H3,(H,30,36). The van der Waals surface area contributed by atoms with Crippen molar-refractivity contribution in [3.63, 3.8) is 0 Å². The maximum atomic E-state index is 13.0. The van der Waals surface area contributed by atoms with Crippen molar-refractivity contribution in [2.75, 3.05) is 6.54 Å². The molecule has 0 atom stereocenters. The predicted molar refractivity (Wildman–Crippen MR) is 142 cm³/mol. The number of tetrazole rings is 1. The quantitative estimate of drug-likeness (QED) is 0.322. The lowest BCUT2D eigenvalue weighted by atomic mass is 10.1. The van der Waals surface area contributed by atoms with Crippen LogP contribution in [0.15, 0.2) is 89.7 Å². The van der Waals surface area contributed by atoms with Crippen molar-refractivity contribution >= 4 is 10.9 Å². The second-order valence-electron chi connectivity index (χ2n) is 9.08. The monoisotopic (exact) mass is 478 g/mol. The van der Waals surface area contributed by atoms with E-state index in [1.165, 1.54) is 11.1 Å². The minimum Gasteiger partial charge on any atom is -0.322 e. The number of fused-ring (bicyclic) bond motifs is 1. The molecule has 0 aliphatic heterocycles. The molecule has 0 unspecified atom stereocenters. The average Bonchev–Trinajstić information content (AvgIpc) is 3.34. The maximum Gasteiger partial charge on any atom is 0.252 e. The second-order valence-corrected chi connectivity index (χ2v) is 9.08. The number of nitrogens with zero attached hydrogens (tertiary/aromatic N) is 5. The van der Waals surface area contributed by atoms with Crippen molar-refractivity contribution in [2.24, 2.45) is 0 Å². The summed E-state index contributed by atoms with van der Waals surface area (Å²) in [4.78, 5) is 18.3. The molecular formula is C29H30N6O. The molecule has 182 valence electrons. The topological polar surface area (TPSA) is 79.7 Å². The van der Waals surface area contributed by atoms with E-state index in [9.17, 15) is 4.79 Å². The Kier molecular flexibility index (Phi) is 7.28. The zero-order valence-corrected chi connectivity index (χ0v) is 20.5. The highest BCUT2D eigenvalue weighted by molar-refractivity contribution is 5.79. The number of rotatable bonds is 10. The Balaban J connectivity index is 1.41. The van der Waals surface area contributed by atoms with Gasteiger partial charge in [0, 0.05) is 24.2 Å². The molecule has 2 aromatic heterocycles. The molecule has 0 saturated carbocycles. The van der Waals surface area contributed by atoms with E-state index in [2.05, 4.69) is 80.9 Å². The van der Waals surface area contributed by atoms with E-state index in [0.717, 1.165) is 47.2 Å². The van der Waals surface area contributed by atoms with Gasteiger partial charge < -0.3 is 4.98 Å². The lowest BCUT2D eigenvalue weighted by Gasteiger charge is -2.22. The number of hydrogen-bond donors (Lipinski definition) is 1. The van der Waals surface area contributed by atoms with E-state index >= 15 is 0 Å². The molecule has 7 nitrogen and oxygen atoms in total. The zero-order valence-electron chi connectivity index (χ0n) is 20.5. The number of benzene rings is 3. The number of pyridine rings is 1. The Morgan fingerprint density at radius 3 is 2.36 bits per heavy atom. The largest absolute Gasteiger partial charge is 0.322 e. The molecule has 0 amide bonds. The molecule has 0 fully saturated rings. The van der Waals surface area contributed by atoms with Crippen molar-refractivity contribution in [1.82, 2.24) is 30.1 Å². The Labute approximate surface area is 210 Å². The van der Waals surface area contributed by atoms with E-state index in [1.54, 1.807) is 0 Å². The van der Waals surface area contributed by atoms with Gasteiger partial charge in [0.05, 0.1) is 13.1 Å². The molecule has 2 heterocycles. The lowest BCUT2D eigenvalue weighted by Crippen LogP contribution is -2.30. The summed E-state index contributed by atoms with van der Waals surface area (Å²) in [6, 6.07) is 28.8. The summed E-state index contributed by atoms with van der Waals surface area (Å²) in [7, 11) is 0. The highest BCUT2D eigenvalue weighted by Crippen LogP contribution is 2.16. The van der Waals surface area contributed by atoms with Crippen LogP contribution in [0.4, 0.5) is 0 Å². The van der Waals surface area contributed by atoms with Crippen LogP contribution < -0.4 is 5.56 Å². The van der Waals surface area contributed by atoms with Crippen LogP contribution in [-0.2, 0) is 32.5 Å². The van der Waals surface area contributed by atoms with Crippen LogP contribution in [0, 0.1) is 0 Å². The van der Waals surface area contributed by atoms with Gasteiger partial charge in [0.2, 0.25) is 0 Å². The minimum atomic E-state index is -0.0552. The van der Waals surface area contributed by atoms with Gasteiger partial charge >= 0.3 is 0 Å². The van der Waals surface area contributed by atoms with Gasteiger partial charge in [-0.1, -0.05) is 73.7 Å². The van der Waals surface area contributed by atoms with Gasteiger partial charge in [-0.2, -0.15) is 0 Å². The van der Waals surface area contributed by atoms with Gasteiger partial charge in [0.1, 0.15) is 0 Å². The summed E-state index contributed by atoms with van der Waals surface area (Å²) in [5.41, 5.74) is 5.20. The van der Waals surface area contributed by atoms with Gasteiger partial charge in [-0.15, -0.1) is 5.10 Å². The van der Waals surface area contributed by atoms with Crippen molar-refractivity contribution in [1.29, 1.82) is 0 Å². The van der Waals surface area contributed by atoms with E-state index in [0.29, 0.717) is 19.6 Å². The fraction of sp³-hybridized carbons (Fsp3) is 0.241. The van der Waals surface area contributed by atoms with Gasteiger partial charge in [-0.3, -0.25) is 9.69 Å². The maximum absolute atomic E-state index is 13.0. The van der Waals surface area contributed by atoms with Gasteiger partial charge in [0.15, 0.2) is 5.82 Å². The number of H-pyrrole nitrogens is 1. The van der Waals surface area contributed by atoms with Crippen LogP contribution in [0.1, 0.15) is 35.0 Å². The van der Waals surface area contributed by atoms with Crippen LogP contribution in [0.5, 0.6) is 0 Å². The smallest absolute Gasteiger partial charge is 0.252 e. The summed E-state index contributed by atoms with van der Waals surface area (Å²) in [6.45, 7) is 4.56. The molecule has 5 aromatic rings. The predicted octanol–water partition coefficient (Wildman–Crippen LogP) is 4.37. The van der Waals surface area contributed by atoms with E-state index in [1.807, 2.05) is 41.1 Å². The molecular weight excluding hydrogens is 448 g/mol. The molecule has 3 aromatic carbocycles. The molecule has 1 N–H and O–H groups in total. The number of hydrogen-bond acceptors (Lipinski definition) is 5. The van der Waals surface area contributed by atoms with Crippen LogP contribution in [-0.4, -0.2) is 36.6 Å². The van der Waals surface area contributed by atoms with Crippen LogP contribution in [0.2, 0.25) is 0 Å². The van der Waals surface area contributed by atoms with Gasteiger partial charge in [-0.05, 0) is 63.5 Å². The fourth-order valence-corrected chi connectivity index (χ4v) is 4.44. The first-order valence-electron chi connectivity index (χ1n) is 12.4. The third-order valence-electron chi connectivity index (χ3n) is 6.49. The normalized spacial score (nSPS) is 11.4. The first kappa shape index (κ1) is 23.6. The molecule has 0 bridgehead atoms. The van der Waals surface area contributed by atoms with E-state index in [4.69, 9.17) is 0 Å². The summed E-state index contributed by atoms with van der Waals surface area (Å²) >= 11 is 0. The summed E-state index contributed by atoms with van der Waals surface area (Å²) < 4.78 is 1.84. The summed E-state index contributed by atoms with van der Waals surface area (Å²) in [5, 5.41) is 13.5. The molecule has 5 rings (SSSR count). The molecule has 7 heteroatoms. The third-order valence-corrected chi connectivity index (χ3v) is 6.49. The number of aromatic amines is 1. The minimum absolute atomic E-state index is 0.0552. The lowest BCUT2D eigenvalue weighted by molar-refractivity contribution is 0.248. The molecule has 0 radical (unpaired) electrons. The van der Waals surface area contributed by atoms with Gasteiger partial charge in [0.25, 0.3) is 5.56 Å². The Bertz CT molecular complexity index is 1480. The van der Waals surface area contributed by atoms with Crippen molar-refractivity contribution in [3.05, 3.63) is 123 Å². The highest BCUT2D eigenvalue weighted by atomic mass is 16.1. The van der Waals surface area contributed by atoms with Crippen LogP contribution >= 0.6 is 0 Å². The molecule has 0 saturated heterocycles. The Hall–Kier alpha value is -4.10. The second kappa shape index (κ2) is 11.1. The number of nitrogens with one attached hydrogen (secondary N) is 1. The van der Waals surface area contributed by atoms with Crippen molar-refractivity contribution < 1.29 is 0 Å². The van der Waals surface area contributed by atoms with Crippen molar-refractivity contribution in [2.45, 2.75) is 39.4 Å². The molecule has 0 aliphatic carbocycles. The zero-order chi connectivity index (χ0) is 24.7. The SMILES string of the molecule is CCc1ccc2[nH]c(=O)c(CN(CCc3ccccc3)Cc3nnnn3Cc3ccccc3)cc2c1. The van der Waals surface area contributed by atoms with Crippen LogP contribution in [0.3, 0.4) is 0 Å². The summed E-state index contributed by atoms with van der Waals surface area (Å²) in [5.74, 6) is 0.775. The first-order chi connectivity index (χ1) is 17.7. The number of aromatic nitrogens is 5. The van der Waals surface area contributed by atoms with Crippen LogP contribution in [0.25, 0.3) is 10.9 Å². The average molecular weight is 479 g/mol. The third kappa shape index (κ3) is 5.75. The number of aryl methyl sites for hydroxylation is 1. The fourth-order valence-electron chi connectivity index (χ4n) is 4.44. The molecule has 0 aliphatic rings. The van der Waals surface area contributed by atoms with Crippen molar-refractivity contribution in [3.8, 4) is 0 Å². The van der Waals surface area contributed by atoms with Gasteiger partial charge in [-0.25, -0.2) is 4.68 Å². The Morgan fingerprint density at radius 2 is 1.61 bits per heavy atom. The highest BCUT2D eigenvalue weighted by Gasteiger charge is 2.16. The first-order valence-corrected chi connectivity index (χ1v) is 12.4. The van der Waals surface area contributed by atoms with E-state index in [-0.39, 0.29) is 5.56 Å². The molecule has 0 spiro atoms.